The van der Waals surface area contributed by atoms with E-state index in [0.29, 0.717) is 12.1 Å². The van der Waals surface area contributed by atoms with E-state index in [0.717, 1.165) is 54.4 Å². The standard InChI is InChI=1S/C22H23N3O4S/c26-30(27,22-14-16-6-1-3-9-20(16)28-22)24-17-11-13-25(15-17)12-5-8-19-18-7-2-4-10-21(18)29-23-19/h1-4,6-7,9-10,14,17,24H,5,8,11-13,15H2/t17-/m0/s1. The molecule has 5 rings (SSSR count). The van der Waals surface area contributed by atoms with Gasteiger partial charge >= 0.3 is 0 Å². The van der Waals surface area contributed by atoms with Gasteiger partial charge in [0.05, 0.1) is 5.69 Å². The number of furan rings is 1. The lowest BCUT2D eigenvalue weighted by Crippen LogP contribution is -2.37. The van der Waals surface area contributed by atoms with Crippen LogP contribution in [0.5, 0.6) is 0 Å². The number of benzene rings is 2. The maximum absolute atomic E-state index is 12.7. The summed E-state index contributed by atoms with van der Waals surface area (Å²) in [5.41, 5.74) is 2.37. The molecule has 0 saturated carbocycles. The average molecular weight is 426 g/mol. The molecule has 2 aromatic carbocycles. The molecule has 1 aliphatic rings. The van der Waals surface area contributed by atoms with Crippen LogP contribution in [0.1, 0.15) is 18.5 Å². The highest BCUT2D eigenvalue weighted by atomic mass is 32.2. The number of nitrogens with zero attached hydrogens (tertiary/aromatic N) is 2. The van der Waals surface area contributed by atoms with Gasteiger partial charge in [-0.25, -0.2) is 13.1 Å². The summed E-state index contributed by atoms with van der Waals surface area (Å²) in [5.74, 6) is 0. The van der Waals surface area contributed by atoms with Gasteiger partial charge in [-0.3, -0.25) is 0 Å². The summed E-state index contributed by atoms with van der Waals surface area (Å²) in [7, 11) is -3.67. The van der Waals surface area contributed by atoms with E-state index in [-0.39, 0.29) is 11.1 Å². The SMILES string of the molecule is O=S(=O)(N[C@H]1CCN(CCCc2noc3ccccc23)C1)c1cc2ccccc2o1. The van der Waals surface area contributed by atoms with Crippen LogP contribution in [0.2, 0.25) is 0 Å². The zero-order valence-corrected chi connectivity index (χ0v) is 17.3. The van der Waals surface area contributed by atoms with Gasteiger partial charge in [0.25, 0.3) is 10.0 Å². The number of likely N-dealkylation sites (tertiary alicyclic amines) is 1. The Bertz CT molecular complexity index is 1240. The fourth-order valence-electron chi connectivity index (χ4n) is 4.09. The van der Waals surface area contributed by atoms with Crippen molar-refractivity contribution in [1.29, 1.82) is 0 Å². The molecule has 1 fully saturated rings. The molecule has 8 heteroatoms. The molecule has 1 aliphatic heterocycles. The van der Waals surface area contributed by atoms with Crippen molar-refractivity contribution in [3.05, 3.63) is 60.3 Å². The molecule has 2 aromatic heterocycles. The van der Waals surface area contributed by atoms with Crippen molar-refractivity contribution in [1.82, 2.24) is 14.8 Å². The molecule has 7 nitrogen and oxygen atoms in total. The van der Waals surface area contributed by atoms with E-state index in [1.807, 2.05) is 42.5 Å². The van der Waals surface area contributed by atoms with E-state index in [1.54, 1.807) is 12.1 Å². The first-order valence-corrected chi connectivity index (χ1v) is 11.6. The van der Waals surface area contributed by atoms with E-state index in [1.165, 1.54) is 0 Å². The predicted octanol–water partition coefficient (Wildman–Crippen LogP) is 3.56. The highest BCUT2D eigenvalue weighted by Gasteiger charge is 2.29. The minimum absolute atomic E-state index is 0.0277. The molecule has 0 bridgehead atoms. The monoisotopic (exact) mass is 425 g/mol. The quantitative estimate of drug-likeness (QED) is 0.487. The number of para-hydroxylation sites is 2. The zero-order valence-electron chi connectivity index (χ0n) is 16.5. The van der Waals surface area contributed by atoms with E-state index in [9.17, 15) is 8.42 Å². The summed E-state index contributed by atoms with van der Waals surface area (Å²) in [6.07, 6.45) is 2.56. The van der Waals surface area contributed by atoms with E-state index < -0.39 is 10.0 Å². The van der Waals surface area contributed by atoms with Crippen molar-refractivity contribution in [3.8, 4) is 0 Å². The fourth-order valence-corrected chi connectivity index (χ4v) is 5.32. The molecule has 1 atom stereocenters. The number of sulfonamides is 1. The smallest absolute Gasteiger partial charge is 0.274 e. The van der Waals surface area contributed by atoms with Crippen LogP contribution in [0, 0.1) is 0 Å². The molecule has 1 saturated heterocycles. The first-order valence-electron chi connectivity index (χ1n) is 10.1. The first kappa shape index (κ1) is 19.3. The molecule has 0 amide bonds. The summed E-state index contributed by atoms with van der Waals surface area (Å²) < 4.78 is 39.1. The number of aryl methyl sites for hydroxylation is 1. The highest BCUT2D eigenvalue weighted by Crippen LogP contribution is 2.24. The lowest BCUT2D eigenvalue weighted by atomic mass is 10.1. The Morgan fingerprint density at radius 1 is 1.10 bits per heavy atom. The Labute approximate surface area is 174 Å². The number of nitrogens with one attached hydrogen (secondary N) is 1. The lowest BCUT2D eigenvalue weighted by molar-refractivity contribution is 0.325. The second kappa shape index (κ2) is 7.86. The maximum atomic E-state index is 12.7. The molecule has 0 aliphatic carbocycles. The minimum atomic E-state index is -3.67. The van der Waals surface area contributed by atoms with Gasteiger partial charge in [-0.2, -0.15) is 0 Å². The summed E-state index contributed by atoms with van der Waals surface area (Å²) in [6, 6.07) is 16.6. The van der Waals surface area contributed by atoms with Crippen LogP contribution < -0.4 is 4.72 Å². The molecule has 0 unspecified atom stereocenters. The van der Waals surface area contributed by atoms with Crippen molar-refractivity contribution in [2.45, 2.75) is 30.4 Å². The second-order valence-corrected chi connectivity index (χ2v) is 9.38. The number of fused-ring (bicyclic) bond motifs is 2. The third kappa shape index (κ3) is 3.86. The van der Waals surface area contributed by atoms with Crippen molar-refractivity contribution < 1.29 is 17.4 Å². The summed E-state index contributed by atoms with van der Waals surface area (Å²) >= 11 is 0. The third-order valence-corrected chi connectivity index (χ3v) is 6.98. The number of aromatic nitrogens is 1. The van der Waals surface area contributed by atoms with E-state index >= 15 is 0 Å². The van der Waals surface area contributed by atoms with Gasteiger partial charge in [0, 0.05) is 29.4 Å². The van der Waals surface area contributed by atoms with Gasteiger partial charge in [-0.05, 0) is 50.6 Å². The maximum Gasteiger partial charge on any atom is 0.274 e. The van der Waals surface area contributed by atoms with Crippen LogP contribution in [0.25, 0.3) is 21.9 Å². The molecule has 3 heterocycles. The van der Waals surface area contributed by atoms with Crippen LogP contribution in [0.4, 0.5) is 0 Å². The number of rotatable bonds is 7. The Kier molecular flexibility index (Phi) is 5.06. The molecule has 156 valence electrons. The van der Waals surface area contributed by atoms with Crippen molar-refractivity contribution in [3.63, 3.8) is 0 Å². The van der Waals surface area contributed by atoms with Crippen LogP contribution >= 0.6 is 0 Å². The van der Waals surface area contributed by atoms with Gasteiger partial charge < -0.3 is 13.8 Å². The van der Waals surface area contributed by atoms with Crippen LogP contribution in [-0.4, -0.2) is 44.2 Å². The lowest BCUT2D eigenvalue weighted by Gasteiger charge is -2.16. The Morgan fingerprint density at radius 3 is 2.77 bits per heavy atom. The normalized spacial score (nSPS) is 17.9. The first-order chi connectivity index (χ1) is 14.6. The van der Waals surface area contributed by atoms with Gasteiger partial charge in [0.15, 0.2) is 5.58 Å². The van der Waals surface area contributed by atoms with Crippen molar-refractivity contribution in [2.24, 2.45) is 0 Å². The van der Waals surface area contributed by atoms with E-state index in [4.69, 9.17) is 8.94 Å². The molecular weight excluding hydrogens is 402 g/mol. The summed E-state index contributed by atoms with van der Waals surface area (Å²) in [5, 5.41) is 6.00. The molecule has 30 heavy (non-hydrogen) atoms. The summed E-state index contributed by atoms with van der Waals surface area (Å²) in [4.78, 5) is 2.29. The van der Waals surface area contributed by atoms with Crippen LogP contribution in [0.15, 0.2) is 68.6 Å². The Hall–Kier alpha value is -2.68. The Balaban J connectivity index is 1.16. The molecule has 0 spiro atoms. The third-order valence-electron chi connectivity index (χ3n) is 5.60. The topological polar surface area (TPSA) is 88.6 Å². The molecule has 0 radical (unpaired) electrons. The van der Waals surface area contributed by atoms with Crippen molar-refractivity contribution >= 4 is 32.0 Å². The van der Waals surface area contributed by atoms with Gasteiger partial charge in [0.2, 0.25) is 5.09 Å². The zero-order chi connectivity index (χ0) is 20.6. The largest absolute Gasteiger partial charge is 0.443 e. The van der Waals surface area contributed by atoms with Gasteiger partial charge in [-0.15, -0.1) is 0 Å². The summed E-state index contributed by atoms with van der Waals surface area (Å²) in [6.45, 7) is 2.45. The number of hydrogen-bond donors (Lipinski definition) is 1. The second-order valence-electron chi connectivity index (χ2n) is 7.74. The van der Waals surface area contributed by atoms with Crippen LogP contribution in [-0.2, 0) is 16.4 Å². The van der Waals surface area contributed by atoms with E-state index in [2.05, 4.69) is 14.8 Å². The molecule has 4 aromatic rings. The van der Waals surface area contributed by atoms with Crippen LogP contribution in [0.3, 0.4) is 0 Å². The highest BCUT2D eigenvalue weighted by molar-refractivity contribution is 7.89. The fraction of sp³-hybridized carbons (Fsp3) is 0.318. The predicted molar refractivity (Wildman–Crippen MR) is 114 cm³/mol. The minimum Gasteiger partial charge on any atom is -0.443 e. The Morgan fingerprint density at radius 2 is 1.90 bits per heavy atom. The molecule has 1 N–H and O–H groups in total. The van der Waals surface area contributed by atoms with Gasteiger partial charge in [-0.1, -0.05) is 35.5 Å². The van der Waals surface area contributed by atoms with Crippen molar-refractivity contribution in [2.75, 3.05) is 19.6 Å². The number of hydrogen-bond acceptors (Lipinski definition) is 6. The molecular formula is C22H23N3O4S. The van der Waals surface area contributed by atoms with Gasteiger partial charge in [0.1, 0.15) is 5.58 Å². The average Bonchev–Trinajstić information content (AvgIpc) is 3.46.